The highest BCUT2D eigenvalue weighted by Crippen LogP contribution is 2.31. The molecule has 0 spiro atoms. The number of benzene rings is 1. The number of carbonyl (C=O) groups excluding carboxylic acids is 1. The number of rotatable bonds is 7. The molecule has 3 heterocycles. The smallest absolute Gasteiger partial charge is 0.168 e. The molecule has 6 nitrogen and oxygen atoms in total. The molecule has 2 aromatic rings. The van der Waals surface area contributed by atoms with Crippen LogP contribution < -0.4 is 10.6 Å². The van der Waals surface area contributed by atoms with Gasteiger partial charge in [0.2, 0.25) is 0 Å². The van der Waals surface area contributed by atoms with Crippen molar-refractivity contribution in [2.24, 2.45) is 5.92 Å². The van der Waals surface area contributed by atoms with E-state index in [2.05, 4.69) is 41.6 Å². The van der Waals surface area contributed by atoms with Crippen molar-refractivity contribution in [3.05, 3.63) is 47.2 Å². The molecule has 2 aliphatic heterocycles. The Morgan fingerprint density at radius 2 is 2.06 bits per heavy atom. The summed E-state index contributed by atoms with van der Waals surface area (Å²) in [5.41, 5.74) is 3.64. The Hall–Kier alpha value is -1.99. The SMILES string of the molecule is C[C@@H]1CC(CNc2cccc(-c3cc(CC(=O)[C@H]4CNCCO4)ncc3Cl)c2)C[C@H](C)O1. The molecule has 1 unspecified atom stereocenters. The predicted molar refractivity (Wildman–Crippen MR) is 127 cm³/mol. The number of hydrogen-bond donors (Lipinski definition) is 2. The summed E-state index contributed by atoms with van der Waals surface area (Å²) in [6, 6.07) is 10.1. The van der Waals surface area contributed by atoms with Gasteiger partial charge in [-0.1, -0.05) is 23.7 Å². The van der Waals surface area contributed by atoms with Gasteiger partial charge in [-0.25, -0.2) is 0 Å². The molecule has 1 aromatic carbocycles. The molecule has 7 heteroatoms. The topological polar surface area (TPSA) is 72.5 Å². The molecule has 0 bridgehead atoms. The van der Waals surface area contributed by atoms with Crippen LogP contribution in [0.1, 0.15) is 32.4 Å². The second-order valence-electron chi connectivity index (χ2n) is 8.92. The minimum Gasteiger partial charge on any atom is -0.385 e. The molecule has 2 N–H and O–H groups in total. The number of morpholine rings is 1. The minimum atomic E-state index is -0.409. The minimum absolute atomic E-state index is 0.0355. The van der Waals surface area contributed by atoms with Gasteiger partial charge in [0.15, 0.2) is 5.78 Å². The summed E-state index contributed by atoms with van der Waals surface area (Å²) >= 11 is 6.48. The Balaban J connectivity index is 1.43. The van der Waals surface area contributed by atoms with E-state index in [0.717, 1.165) is 42.7 Å². The number of Topliss-reactive ketones (excluding diaryl/α,β-unsaturated/α-hetero) is 1. The molecule has 172 valence electrons. The number of nitrogens with zero attached hydrogens (tertiary/aromatic N) is 1. The first-order valence-electron chi connectivity index (χ1n) is 11.5. The number of halogens is 1. The van der Waals surface area contributed by atoms with Crippen LogP contribution >= 0.6 is 11.6 Å². The highest BCUT2D eigenvalue weighted by Gasteiger charge is 2.24. The number of hydrogen-bond acceptors (Lipinski definition) is 6. The molecule has 4 rings (SSSR count). The molecule has 0 saturated carbocycles. The number of anilines is 1. The van der Waals surface area contributed by atoms with Crippen LogP contribution in [0, 0.1) is 5.92 Å². The third-order valence-electron chi connectivity index (χ3n) is 6.12. The Morgan fingerprint density at radius 1 is 1.25 bits per heavy atom. The fourth-order valence-corrected chi connectivity index (χ4v) is 4.85. The lowest BCUT2D eigenvalue weighted by Crippen LogP contribution is -2.43. The van der Waals surface area contributed by atoms with Gasteiger partial charge in [-0.15, -0.1) is 0 Å². The van der Waals surface area contributed by atoms with Gasteiger partial charge in [0.05, 0.1) is 30.3 Å². The fraction of sp³-hybridized carbons (Fsp3) is 0.520. The van der Waals surface area contributed by atoms with E-state index in [4.69, 9.17) is 21.1 Å². The van der Waals surface area contributed by atoms with Crippen molar-refractivity contribution in [2.45, 2.75) is 51.4 Å². The van der Waals surface area contributed by atoms with Crippen molar-refractivity contribution >= 4 is 23.1 Å². The first kappa shape index (κ1) is 23.2. The highest BCUT2D eigenvalue weighted by molar-refractivity contribution is 6.33. The molecule has 2 fully saturated rings. The van der Waals surface area contributed by atoms with Crippen LogP contribution in [0.3, 0.4) is 0 Å². The van der Waals surface area contributed by atoms with Gasteiger partial charge < -0.3 is 20.1 Å². The Kier molecular flexibility index (Phi) is 7.79. The van der Waals surface area contributed by atoms with Gasteiger partial charge in [0.25, 0.3) is 0 Å². The summed E-state index contributed by atoms with van der Waals surface area (Å²) in [6.07, 6.45) is 4.22. The van der Waals surface area contributed by atoms with Gasteiger partial charge in [0, 0.05) is 42.8 Å². The van der Waals surface area contributed by atoms with Crippen LogP contribution in [0.2, 0.25) is 5.02 Å². The Morgan fingerprint density at radius 3 is 2.81 bits per heavy atom. The first-order chi connectivity index (χ1) is 15.5. The van der Waals surface area contributed by atoms with Crippen molar-refractivity contribution in [3.63, 3.8) is 0 Å². The van der Waals surface area contributed by atoms with E-state index in [1.807, 2.05) is 18.2 Å². The van der Waals surface area contributed by atoms with Crippen molar-refractivity contribution in [1.29, 1.82) is 0 Å². The van der Waals surface area contributed by atoms with Crippen LogP contribution in [0.15, 0.2) is 36.5 Å². The second kappa shape index (κ2) is 10.8. The predicted octanol–water partition coefficient (Wildman–Crippen LogP) is 4.12. The zero-order valence-electron chi connectivity index (χ0n) is 18.8. The van der Waals surface area contributed by atoms with Crippen LogP contribution in [0.5, 0.6) is 0 Å². The van der Waals surface area contributed by atoms with Gasteiger partial charge >= 0.3 is 0 Å². The van der Waals surface area contributed by atoms with E-state index < -0.39 is 6.10 Å². The summed E-state index contributed by atoms with van der Waals surface area (Å²) in [7, 11) is 0. The highest BCUT2D eigenvalue weighted by atomic mass is 35.5. The first-order valence-corrected chi connectivity index (χ1v) is 11.8. The van der Waals surface area contributed by atoms with Crippen molar-refractivity contribution in [1.82, 2.24) is 10.3 Å². The molecular formula is C25H32ClN3O3. The van der Waals surface area contributed by atoms with Crippen molar-refractivity contribution in [2.75, 3.05) is 31.6 Å². The van der Waals surface area contributed by atoms with Crippen molar-refractivity contribution in [3.8, 4) is 11.1 Å². The van der Waals surface area contributed by atoms with Crippen molar-refractivity contribution < 1.29 is 14.3 Å². The number of ether oxygens (including phenoxy) is 2. The van der Waals surface area contributed by atoms with Gasteiger partial charge in [-0.2, -0.15) is 0 Å². The van der Waals surface area contributed by atoms with Crippen LogP contribution in [0.4, 0.5) is 5.69 Å². The van der Waals surface area contributed by atoms with E-state index >= 15 is 0 Å². The average molecular weight is 458 g/mol. The number of nitrogens with one attached hydrogen (secondary N) is 2. The maximum Gasteiger partial charge on any atom is 0.168 e. The third kappa shape index (κ3) is 6.07. The Bertz CT molecular complexity index is 922. The van der Waals surface area contributed by atoms with E-state index in [9.17, 15) is 4.79 Å². The zero-order chi connectivity index (χ0) is 22.5. The monoisotopic (exact) mass is 457 g/mol. The average Bonchev–Trinajstić information content (AvgIpc) is 2.79. The van der Waals surface area contributed by atoms with Crippen LogP contribution in [-0.4, -0.2) is 55.3 Å². The fourth-order valence-electron chi connectivity index (χ4n) is 4.63. The maximum absolute atomic E-state index is 12.6. The molecular weight excluding hydrogens is 426 g/mol. The van der Waals surface area contributed by atoms with Crippen LogP contribution in [0.25, 0.3) is 11.1 Å². The lowest BCUT2D eigenvalue weighted by molar-refractivity contribution is -0.131. The summed E-state index contributed by atoms with van der Waals surface area (Å²) in [6.45, 7) is 7.10. The summed E-state index contributed by atoms with van der Waals surface area (Å²) in [5, 5.41) is 7.35. The number of ketones is 1. The number of carbonyl (C=O) groups is 1. The molecule has 2 saturated heterocycles. The molecule has 2 aliphatic rings. The number of pyridine rings is 1. The second-order valence-corrected chi connectivity index (χ2v) is 9.33. The lowest BCUT2D eigenvalue weighted by atomic mass is 9.92. The zero-order valence-corrected chi connectivity index (χ0v) is 19.5. The maximum atomic E-state index is 12.6. The quantitative estimate of drug-likeness (QED) is 0.651. The molecule has 0 radical (unpaired) electrons. The van der Waals surface area contributed by atoms with Gasteiger partial charge in [0.1, 0.15) is 6.10 Å². The van der Waals surface area contributed by atoms with E-state index in [0.29, 0.717) is 42.0 Å². The number of aromatic nitrogens is 1. The Labute approximate surface area is 195 Å². The van der Waals surface area contributed by atoms with E-state index in [1.165, 1.54) is 0 Å². The normalized spacial score (nSPS) is 26.0. The third-order valence-corrected chi connectivity index (χ3v) is 6.42. The lowest BCUT2D eigenvalue weighted by Gasteiger charge is -2.32. The van der Waals surface area contributed by atoms with Crippen LogP contribution in [-0.2, 0) is 20.7 Å². The van der Waals surface area contributed by atoms with E-state index in [1.54, 1.807) is 6.20 Å². The van der Waals surface area contributed by atoms with Gasteiger partial charge in [-0.05, 0) is 56.4 Å². The molecule has 0 amide bonds. The summed E-state index contributed by atoms with van der Waals surface area (Å²) in [5.74, 6) is 0.629. The summed E-state index contributed by atoms with van der Waals surface area (Å²) < 4.78 is 11.4. The summed E-state index contributed by atoms with van der Waals surface area (Å²) in [4.78, 5) is 17.0. The van der Waals surface area contributed by atoms with E-state index in [-0.39, 0.29) is 12.2 Å². The molecule has 1 aromatic heterocycles. The molecule has 4 atom stereocenters. The largest absolute Gasteiger partial charge is 0.385 e. The molecule has 32 heavy (non-hydrogen) atoms. The molecule has 0 aliphatic carbocycles. The van der Waals surface area contributed by atoms with Gasteiger partial charge in [-0.3, -0.25) is 9.78 Å². The standard InChI is InChI=1S/C25H32ClN3O3/c1-16-8-18(9-17(2)32-16)13-28-20-5-3-4-19(10-20)22-11-21(29-14-23(22)26)12-24(30)25-15-27-6-7-31-25/h3-5,10-11,14,16-18,25,27-28H,6-9,12-13,15H2,1-2H3/t16-,17+,18?,25-/m1/s1.